The molecule has 0 bridgehead atoms. The second-order valence-electron chi connectivity index (χ2n) is 10.5. The summed E-state index contributed by atoms with van der Waals surface area (Å²) in [4.78, 5) is 38.4. The molecule has 1 fully saturated rings. The number of hydrogen-bond acceptors (Lipinski definition) is 4. The van der Waals surface area contributed by atoms with E-state index in [9.17, 15) is 14.4 Å². The predicted octanol–water partition coefficient (Wildman–Crippen LogP) is 7.67. The lowest BCUT2D eigenvalue weighted by Crippen LogP contribution is -2.21. The van der Waals surface area contributed by atoms with E-state index in [2.05, 4.69) is 19.1 Å². The highest BCUT2D eigenvalue weighted by Crippen LogP contribution is 2.38. The second-order valence-corrected chi connectivity index (χ2v) is 10.5. The minimum Gasteiger partial charge on any atom is -0.457 e. The first kappa shape index (κ1) is 25.1. The molecule has 0 aromatic heterocycles. The van der Waals surface area contributed by atoms with Gasteiger partial charge in [0.2, 0.25) is 0 Å². The molecule has 5 rings (SSSR count). The smallest absolute Gasteiger partial charge is 0.338 e. The van der Waals surface area contributed by atoms with Crippen LogP contribution in [0.3, 0.4) is 0 Å². The molecule has 0 N–H and O–H groups in total. The van der Waals surface area contributed by atoms with E-state index < -0.39 is 5.97 Å². The van der Waals surface area contributed by atoms with Crippen LogP contribution in [0.2, 0.25) is 0 Å². The number of ether oxygens (including phenoxy) is 1. The predicted molar refractivity (Wildman–Crippen MR) is 144 cm³/mol. The third kappa shape index (κ3) is 5.44. The molecule has 2 aliphatic rings. The van der Waals surface area contributed by atoms with E-state index in [-0.39, 0.29) is 18.2 Å². The summed E-state index contributed by atoms with van der Waals surface area (Å²) in [5.41, 5.74) is 4.12. The number of ketones is 2. The minimum absolute atomic E-state index is 0.0407. The molecule has 0 radical (unpaired) electrons. The molecule has 37 heavy (non-hydrogen) atoms. The molecule has 0 heterocycles. The van der Waals surface area contributed by atoms with E-state index in [1.54, 1.807) is 42.5 Å². The maximum Gasteiger partial charge on any atom is 0.338 e. The van der Waals surface area contributed by atoms with Crippen LogP contribution in [-0.4, -0.2) is 17.5 Å². The van der Waals surface area contributed by atoms with Crippen LogP contribution >= 0.6 is 0 Å². The average Bonchev–Trinajstić information content (AvgIpc) is 2.95. The molecule has 0 unspecified atom stereocenters. The number of carbonyl (C=O) groups is 3. The van der Waals surface area contributed by atoms with Gasteiger partial charge in [-0.25, -0.2) is 4.79 Å². The lowest BCUT2D eigenvalue weighted by atomic mass is 9.77. The molecule has 0 spiro atoms. The Labute approximate surface area is 219 Å². The van der Waals surface area contributed by atoms with Crippen LogP contribution < -0.4 is 0 Å². The van der Waals surface area contributed by atoms with Crippen LogP contribution in [-0.2, 0) is 11.3 Å². The van der Waals surface area contributed by atoms with Crippen LogP contribution in [0.1, 0.15) is 118 Å². The highest BCUT2D eigenvalue weighted by molar-refractivity contribution is 6.28. The number of hydrogen-bond donors (Lipinski definition) is 0. The van der Waals surface area contributed by atoms with E-state index in [0.29, 0.717) is 39.3 Å². The lowest BCUT2D eigenvalue weighted by molar-refractivity contribution is 0.0472. The zero-order valence-electron chi connectivity index (χ0n) is 21.5. The number of benzene rings is 3. The number of carbonyl (C=O) groups excluding carboxylic acids is 3. The minimum atomic E-state index is -0.392. The van der Waals surface area contributed by atoms with Crippen molar-refractivity contribution in [2.45, 2.75) is 70.8 Å². The van der Waals surface area contributed by atoms with Gasteiger partial charge >= 0.3 is 5.97 Å². The molecule has 1 saturated carbocycles. The fourth-order valence-corrected chi connectivity index (χ4v) is 5.83. The first-order valence-corrected chi connectivity index (χ1v) is 13.6. The first-order valence-electron chi connectivity index (χ1n) is 13.6. The number of fused-ring (bicyclic) bond motifs is 2. The topological polar surface area (TPSA) is 60.4 Å². The molecule has 2 aliphatic carbocycles. The van der Waals surface area contributed by atoms with Gasteiger partial charge in [-0.05, 0) is 72.9 Å². The van der Waals surface area contributed by atoms with Crippen molar-refractivity contribution >= 4 is 17.5 Å². The Bertz CT molecular complexity index is 1300. The molecule has 0 amide bonds. The van der Waals surface area contributed by atoms with Gasteiger partial charge in [0.05, 0.1) is 5.56 Å². The Morgan fingerprint density at radius 1 is 0.784 bits per heavy atom. The van der Waals surface area contributed by atoms with Crippen molar-refractivity contribution in [2.24, 2.45) is 5.92 Å². The van der Waals surface area contributed by atoms with Gasteiger partial charge in [-0.3, -0.25) is 9.59 Å². The Hall–Kier alpha value is -3.53. The monoisotopic (exact) mass is 494 g/mol. The summed E-state index contributed by atoms with van der Waals surface area (Å²) in [6.07, 6.45) is 10.4. The standard InChI is InChI=1S/C33H34O4/c1-2-3-4-7-22-10-13-24(14-11-22)25-15-17-26(18-16-25)33(36)37-21-23-12-19-29-30(20-23)32(35)28-9-6-5-8-27(28)31(29)34/h5-6,8-9,12,15-20,22,24H,2-4,7,10-11,13-14,21H2,1H3. The van der Waals surface area contributed by atoms with Gasteiger partial charge in [-0.15, -0.1) is 0 Å². The molecule has 0 saturated heterocycles. The molecular formula is C33H34O4. The Morgan fingerprint density at radius 3 is 2.11 bits per heavy atom. The van der Waals surface area contributed by atoms with Crippen molar-refractivity contribution in [3.8, 4) is 0 Å². The largest absolute Gasteiger partial charge is 0.457 e. The van der Waals surface area contributed by atoms with Gasteiger partial charge in [-0.1, -0.05) is 75.1 Å². The molecule has 0 aliphatic heterocycles. The van der Waals surface area contributed by atoms with Gasteiger partial charge in [-0.2, -0.15) is 0 Å². The van der Waals surface area contributed by atoms with Crippen molar-refractivity contribution in [3.63, 3.8) is 0 Å². The first-order chi connectivity index (χ1) is 18.0. The van der Waals surface area contributed by atoms with E-state index in [0.717, 1.165) is 5.92 Å². The molecule has 190 valence electrons. The van der Waals surface area contributed by atoms with E-state index in [4.69, 9.17) is 4.74 Å². The van der Waals surface area contributed by atoms with E-state index >= 15 is 0 Å². The fourth-order valence-electron chi connectivity index (χ4n) is 5.83. The van der Waals surface area contributed by atoms with E-state index in [1.807, 2.05) is 12.1 Å². The molecular weight excluding hydrogens is 460 g/mol. The van der Waals surface area contributed by atoms with Crippen molar-refractivity contribution < 1.29 is 19.1 Å². The zero-order valence-corrected chi connectivity index (χ0v) is 21.5. The fraction of sp³-hybridized carbons (Fsp3) is 0.364. The molecule has 4 heteroatoms. The van der Waals surface area contributed by atoms with Crippen molar-refractivity contribution in [1.29, 1.82) is 0 Å². The number of unbranched alkanes of at least 4 members (excludes halogenated alkanes) is 2. The van der Waals surface area contributed by atoms with Crippen LogP contribution in [0.15, 0.2) is 66.7 Å². The van der Waals surface area contributed by atoms with Crippen molar-refractivity contribution in [1.82, 2.24) is 0 Å². The highest BCUT2D eigenvalue weighted by atomic mass is 16.5. The normalized spacial score (nSPS) is 18.7. The summed E-state index contributed by atoms with van der Waals surface area (Å²) < 4.78 is 5.55. The molecule has 3 aromatic rings. The van der Waals surface area contributed by atoms with Gasteiger partial charge in [0.1, 0.15) is 6.61 Å². The van der Waals surface area contributed by atoms with Crippen LogP contribution in [0.5, 0.6) is 0 Å². The average molecular weight is 495 g/mol. The Morgan fingerprint density at radius 2 is 1.43 bits per heavy atom. The zero-order chi connectivity index (χ0) is 25.8. The third-order valence-corrected chi connectivity index (χ3v) is 8.04. The maximum absolute atomic E-state index is 12.9. The number of esters is 1. The van der Waals surface area contributed by atoms with Gasteiger partial charge < -0.3 is 4.74 Å². The number of rotatable bonds is 8. The summed E-state index contributed by atoms with van der Waals surface area (Å²) in [5.74, 6) is 0.733. The molecule has 4 nitrogen and oxygen atoms in total. The molecule has 0 atom stereocenters. The summed E-state index contributed by atoms with van der Waals surface area (Å²) in [6, 6.07) is 19.8. The third-order valence-electron chi connectivity index (χ3n) is 8.04. The summed E-state index contributed by atoms with van der Waals surface area (Å²) in [7, 11) is 0. The SMILES string of the molecule is CCCCCC1CCC(c2ccc(C(=O)OCc3ccc4c(c3)C(=O)c3ccccc3C4=O)cc2)CC1. The van der Waals surface area contributed by atoms with Crippen molar-refractivity contribution in [3.05, 3.63) is 106 Å². The highest BCUT2D eigenvalue weighted by Gasteiger charge is 2.29. The van der Waals surface area contributed by atoms with Crippen LogP contribution in [0.25, 0.3) is 0 Å². The Balaban J connectivity index is 1.17. The van der Waals surface area contributed by atoms with E-state index in [1.165, 1.54) is 56.9 Å². The maximum atomic E-state index is 12.9. The summed E-state index contributed by atoms with van der Waals surface area (Å²) >= 11 is 0. The van der Waals surface area contributed by atoms with Crippen LogP contribution in [0, 0.1) is 5.92 Å². The van der Waals surface area contributed by atoms with Crippen molar-refractivity contribution in [2.75, 3.05) is 0 Å². The molecule has 3 aromatic carbocycles. The van der Waals surface area contributed by atoms with Crippen LogP contribution in [0.4, 0.5) is 0 Å². The summed E-state index contributed by atoms with van der Waals surface area (Å²) in [5, 5.41) is 0. The summed E-state index contributed by atoms with van der Waals surface area (Å²) in [6.45, 7) is 2.30. The Kier molecular flexibility index (Phi) is 7.64. The second kappa shape index (κ2) is 11.2. The lowest BCUT2D eigenvalue weighted by Gasteiger charge is -2.29. The van der Waals surface area contributed by atoms with Gasteiger partial charge in [0, 0.05) is 22.3 Å². The van der Waals surface area contributed by atoms with Gasteiger partial charge in [0.15, 0.2) is 11.6 Å². The van der Waals surface area contributed by atoms with Gasteiger partial charge in [0.25, 0.3) is 0 Å². The quantitative estimate of drug-likeness (QED) is 0.186.